The first kappa shape index (κ1) is 11.8. The lowest BCUT2D eigenvalue weighted by Gasteiger charge is -2.23. The van der Waals surface area contributed by atoms with Gasteiger partial charge in [-0.25, -0.2) is 8.78 Å². The highest BCUT2D eigenvalue weighted by molar-refractivity contribution is 6.00. The molecule has 1 saturated heterocycles. The van der Waals surface area contributed by atoms with Gasteiger partial charge >= 0.3 is 0 Å². The fourth-order valence-electron chi connectivity index (χ4n) is 3.10. The largest absolute Gasteiger partial charge is 0.317 e. The van der Waals surface area contributed by atoms with Crippen LogP contribution in [0.3, 0.4) is 0 Å². The number of rotatable bonds is 2. The van der Waals surface area contributed by atoms with Gasteiger partial charge in [0.2, 0.25) is 0 Å². The summed E-state index contributed by atoms with van der Waals surface area (Å²) in [5, 5.41) is 3.24. The summed E-state index contributed by atoms with van der Waals surface area (Å²) < 4.78 is 27.1. The molecule has 2 aliphatic rings. The fourth-order valence-corrected chi connectivity index (χ4v) is 3.10. The zero-order valence-corrected chi connectivity index (χ0v) is 10.0. The Kier molecular flexibility index (Phi) is 2.70. The van der Waals surface area contributed by atoms with E-state index in [1.807, 2.05) is 0 Å². The smallest absolute Gasteiger partial charge is 0.172 e. The van der Waals surface area contributed by atoms with Gasteiger partial charge in [0.15, 0.2) is 5.78 Å². The summed E-state index contributed by atoms with van der Waals surface area (Å²) in [6.07, 6.45) is 2.64. The predicted octanol–water partition coefficient (Wildman–Crippen LogP) is 2.54. The van der Waals surface area contributed by atoms with Gasteiger partial charge in [0, 0.05) is 5.92 Å². The molecule has 2 nitrogen and oxygen atoms in total. The van der Waals surface area contributed by atoms with Crippen molar-refractivity contribution in [1.82, 2.24) is 5.32 Å². The maximum Gasteiger partial charge on any atom is 0.172 e. The Morgan fingerprint density at radius 1 is 1.22 bits per heavy atom. The number of Topliss-reactive ketones (excluding diaryl/α,β-unsaturated/α-hetero) is 1. The summed E-state index contributed by atoms with van der Waals surface area (Å²) in [7, 11) is 0. The molecule has 1 aliphatic heterocycles. The van der Waals surface area contributed by atoms with Crippen LogP contribution in [-0.2, 0) is 0 Å². The molecule has 1 aromatic carbocycles. The summed E-state index contributed by atoms with van der Waals surface area (Å²) in [6, 6.07) is 3.58. The van der Waals surface area contributed by atoms with Gasteiger partial charge < -0.3 is 5.32 Å². The Balaban J connectivity index is 1.84. The summed E-state index contributed by atoms with van der Waals surface area (Å²) >= 11 is 0. The molecule has 2 fully saturated rings. The van der Waals surface area contributed by atoms with E-state index >= 15 is 0 Å². The summed E-state index contributed by atoms with van der Waals surface area (Å²) in [5.74, 6) is -2.02. The fraction of sp³-hybridized carbons (Fsp3) is 0.500. The normalized spacial score (nSPS) is 25.1. The van der Waals surface area contributed by atoms with Crippen molar-refractivity contribution in [2.24, 2.45) is 11.3 Å². The van der Waals surface area contributed by atoms with Crippen LogP contribution in [0.4, 0.5) is 8.78 Å². The number of piperidine rings is 1. The predicted molar refractivity (Wildman–Crippen MR) is 63.3 cm³/mol. The number of carbonyl (C=O) groups excluding carboxylic acids is 1. The molecule has 0 amide bonds. The van der Waals surface area contributed by atoms with E-state index in [4.69, 9.17) is 0 Å². The van der Waals surface area contributed by atoms with Crippen molar-refractivity contribution in [1.29, 1.82) is 0 Å². The molecule has 18 heavy (non-hydrogen) atoms. The second-order valence-electron chi connectivity index (χ2n) is 5.33. The average Bonchev–Trinajstić information content (AvgIpc) is 3.03. The van der Waals surface area contributed by atoms with Gasteiger partial charge in [0.05, 0.1) is 5.56 Å². The van der Waals surface area contributed by atoms with Crippen molar-refractivity contribution < 1.29 is 13.6 Å². The third-order valence-electron chi connectivity index (χ3n) is 4.31. The molecule has 1 aliphatic carbocycles. The molecule has 1 unspecified atom stereocenters. The van der Waals surface area contributed by atoms with Crippen LogP contribution >= 0.6 is 0 Å². The van der Waals surface area contributed by atoms with Crippen LogP contribution in [0.15, 0.2) is 18.2 Å². The lowest BCUT2D eigenvalue weighted by Crippen LogP contribution is -2.31. The van der Waals surface area contributed by atoms with E-state index in [-0.39, 0.29) is 22.7 Å². The molecule has 96 valence electrons. The summed E-state index contributed by atoms with van der Waals surface area (Å²) in [4.78, 5) is 12.2. The molecule has 1 saturated carbocycles. The summed E-state index contributed by atoms with van der Waals surface area (Å²) in [5.41, 5.74) is -0.338. The topological polar surface area (TPSA) is 29.1 Å². The van der Waals surface area contributed by atoms with E-state index in [2.05, 4.69) is 5.32 Å². The number of benzene rings is 1. The second-order valence-corrected chi connectivity index (χ2v) is 5.33. The lowest BCUT2D eigenvalue weighted by molar-refractivity contribution is 0.0932. The number of hydrogen-bond donors (Lipinski definition) is 1. The van der Waals surface area contributed by atoms with Crippen LogP contribution in [0.2, 0.25) is 0 Å². The lowest BCUT2D eigenvalue weighted by atomic mass is 9.89. The number of halogens is 2. The quantitative estimate of drug-likeness (QED) is 0.818. The van der Waals surface area contributed by atoms with E-state index in [1.165, 1.54) is 6.07 Å². The highest BCUT2D eigenvalue weighted by Gasteiger charge is 2.58. The van der Waals surface area contributed by atoms with E-state index in [1.54, 1.807) is 0 Å². The Bertz CT molecular complexity index is 474. The number of nitrogens with one attached hydrogen (secondary N) is 1. The molecule has 1 heterocycles. The SMILES string of the molecule is O=C(c1c(F)cccc1F)C1CC12CCNCC2. The van der Waals surface area contributed by atoms with Crippen molar-refractivity contribution in [3.8, 4) is 0 Å². The molecule has 1 N–H and O–H groups in total. The van der Waals surface area contributed by atoms with Crippen LogP contribution < -0.4 is 5.32 Å². The van der Waals surface area contributed by atoms with Gasteiger partial charge in [-0.05, 0) is 49.9 Å². The van der Waals surface area contributed by atoms with Crippen LogP contribution in [0.25, 0.3) is 0 Å². The zero-order valence-electron chi connectivity index (χ0n) is 10.0. The molecular weight excluding hydrogens is 236 g/mol. The molecule has 0 aromatic heterocycles. The highest BCUT2D eigenvalue weighted by atomic mass is 19.1. The Labute approximate surface area is 104 Å². The average molecular weight is 251 g/mol. The Hall–Kier alpha value is -1.29. The molecule has 0 bridgehead atoms. The minimum Gasteiger partial charge on any atom is -0.317 e. The minimum absolute atomic E-state index is 0.0110. The third-order valence-corrected chi connectivity index (χ3v) is 4.31. The maximum absolute atomic E-state index is 13.6. The van der Waals surface area contributed by atoms with E-state index in [9.17, 15) is 13.6 Å². The van der Waals surface area contributed by atoms with Crippen LogP contribution in [0.1, 0.15) is 29.6 Å². The minimum atomic E-state index is -0.740. The molecule has 1 aromatic rings. The standard InChI is InChI=1S/C14H15F2NO/c15-10-2-1-3-11(16)12(10)13(18)9-8-14(9)4-6-17-7-5-14/h1-3,9,17H,4-8H2. The van der Waals surface area contributed by atoms with Crippen LogP contribution in [0.5, 0.6) is 0 Å². The Morgan fingerprint density at radius 2 is 1.83 bits per heavy atom. The number of carbonyl (C=O) groups is 1. The van der Waals surface area contributed by atoms with E-state index in [0.29, 0.717) is 0 Å². The maximum atomic E-state index is 13.6. The van der Waals surface area contributed by atoms with Crippen LogP contribution in [0, 0.1) is 23.0 Å². The van der Waals surface area contributed by atoms with Crippen molar-refractivity contribution in [3.05, 3.63) is 35.4 Å². The van der Waals surface area contributed by atoms with Crippen molar-refractivity contribution in [2.45, 2.75) is 19.3 Å². The highest BCUT2D eigenvalue weighted by Crippen LogP contribution is 2.59. The summed E-state index contributed by atoms with van der Waals surface area (Å²) in [6.45, 7) is 1.78. The van der Waals surface area contributed by atoms with Gasteiger partial charge in [-0.15, -0.1) is 0 Å². The second kappa shape index (κ2) is 4.12. The number of ketones is 1. The molecular formula is C14H15F2NO. The zero-order chi connectivity index (χ0) is 12.8. The first-order valence-corrected chi connectivity index (χ1v) is 6.33. The van der Waals surface area contributed by atoms with Gasteiger partial charge in [0.25, 0.3) is 0 Å². The monoisotopic (exact) mass is 251 g/mol. The molecule has 1 spiro atoms. The molecule has 4 heteroatoms. The Morgan fingerprint density at radius 3 is 2.44 bits per heavy atom. The molecule has 1 atom stereocenters. The first-order valence-electron chi connectivity index (χ1n) is 6.33. The first-order chi connectivity index (χ1) is 8.64. The van der Waals surface area contributed by atoms with Gasteiger partial charge in [0.1, 0.15) is 11.6 Å². The van der Waals surface area contributed by atoms with E-state index in [0.717, 1.165) is 44.5 Å². The van der Waals surface area contributed by atoms with Crippen LogP contribution in [-0.4, -0.2) is 18.9 Å². The van der Waals surface area contributed by atoms with Crippen molar-refractivity contribution in [3.63, 3.8) is 0 Å². The van der Waals surface area contributed by atoms with Gasteiger partial charge in [-0.2, -0.15) is 0 Å². The van der Waals surface area contributed by atoms with Gasteiger partial charge in [-0.3, -0.25) is 4.79 Å². The van der Waals surface area contributed by atoms with Gasteiger partial charge in [-0.1, -0.05) is 6.07 Å². The number of hydrogen-bond acceptors (Lipinski definition) is 2. The molecule has 0 radical (unpaired) electrons. The van der Waals surface area contributed by atoms with Crippen molar-refractivity contribution >= 4 is 5.78 Å². The molecule has 3 rings (SSSR count). The third kappa shape index (κ3) is 1.75. The van der Waals surface area contributed by atoms with E-state index < -0.39 is 11.6 Å². The van der Waals surface area contributed by atoms with Crippen molar-refractivity contribution in [2.75, 3.05) is 13.1 Å².